The third-order valence-corrected chi connectivity index (χ3v) is 7.37. The maximum Gasteiger partial charge on any atom is 0.115 e. The molecule has 5 rings (SSSR count). The van der Waals surface area contributed by atoms with Crippen molar-refractivity contribution in [2.24, 2.45) is 0 Å². The number of hydrogen-bond donors (Lipinski definition) is 1. The van der Waals surface area contributed by atoms with Crippen LogP contribution in [0.15, 0.2) is 66.2 Å². The summed E-state index contributed by atoms with van der Waals surface area (Å²) < 4.78 is 12.4. The summed E-state index contributed by atoms with van der Waals surface area (Å²) in [5.74, 6) is 0.291. The molecule has 180 valence electrons. The molecule has 0 bridgehead atoms. The van der Waals surface area contributed by atoms with Gasteiger partial charge in [-0.05, 0) is 94.5 Å². The maximum atomic E-state index is 12.4. The van der Waals surface area contributed by atoms with Crippen molar-refractivity contribution in [2.45, 2.75) is 25.7 Å². The van der Waals surface area contributed by atoms with Gasteiger partial charge in [0, 0.05) is 29.7 Å². The van der Waals surface area contributed by atoms with E-state index < -0.39 is 0 Å². The zero-order valence-corrected chi connectivity index (χ0v) is 21.0. The Hall–Kier alpha value is -2.59. The second-order valence-electron chi connectivity index (χ2n) is 9.35. The van der Waals surface area contributed by atoms with Gasteiger partial charge in [0.2, 0.25) is 0 Å². The lowest BCUT2D eigenvalue weighted by molar-refractivity contribution is 0.239. The Balaban J connectivity index is 1.53. The Kier molecular flexibility index (Phi) is 7.29. The van der Waals surface area contributed by atoms with E-state index in [9.17, 15) is 9.50 Å². The van der Waals surface area contributed by atoms with Crippen LogP contribution in [-0.2, 0) is 6.42 Å². The first-order valence-corrected chi connectivity index (χ1v) is 12.9. The van der Waals surface area contributed by atoms with E-state index in [1.807, 2.05) is 24.3 Å². The molecule has 1 fully saturated rings. The predicted molar refractivity (Wildman–Crippen MR) is 145 cm³/mol. The number of aryl methyl sites for hydroxylation is 1. The first-order chi connectivity index (χ1) is 17.0. The van der Waals surface area contributed by atoms with Gasteiger partial charge >= 0.3 is 0 Å². The Morgan fingerprint density at radius 2 is 1.69 bits per heavy atom. The van der Waals surface area contributed by atoms with Gasteiger partial charge in [0.1, 0.15) is 5.75 Å². The fourth-order valence-corrected chi connectivity index (χ4v) is 5.67. The molecule has 5 heteroatoms. The lowest BCUT2D eigenvalue weighted by Gasteiger charge is -2.33. The molecular formula is C30H28Cl2FNO. The number of benzene rings is 3. The van der Waals surface area contributed by atoms with E-state index in [0.717, 1.165) is 66.7 Å². The van der Waals surface area contributed by atoms with Gasteiger partial charge in [-0.25, -0.2) is 0 Å². The molecule has 0 amide bonds. The Labute approximate surface area is 216 Å². The molecule has 0 aromatic heterocycles. The van der Waals surface area contributed by atoms with Gasteiger partial charge < -0.3 is 5.11 Å². The summed E-state index contributed by atoms with van der Waals surface area (Å²) in [6.07, 6.45) is 5.59. The van der Waals surface area contributed by atoms with Crippen molar-refractivity contribution in [1.82, 2.24) is 4.90 Å². The number of nitrogens with zero attached hydrogens (tertiary/aromatic N) is 1. The fourth-order valence-electron chi connectivity index (χ4n) is 5.15. The van der Waals surface area contributed by atoms with E-state index in [2.05, 4.69) is 35.2 Å². The largest absolute Gasteiger partial charge is 0.508 e. The second-order valence-corrected chi connectivity index (χ2v) is 10.2. The predicted octanol–water partition coefficient (Wildman–Crippen LogP) is 8.05. The van der Waals surface area contributed by atoms with E-state index in [4.69, 9.17) is 23.2 Å². The number of aromatic hydroxyl groups is 1. The van der Waals surface area contributed by atoms with Crippen LogP contribution in [0, 0.1) is 0 Å². The van der Waals surface area contributed by atoms with Gasteiger partial charge in [-0.1, -0.05) is 65.7 Å². The van der Waals surface area contributed by atoms with Crippen LogP contribution in [0.4, 0.5) is 4.39 Å². The third-order valence-electron chi connectivity index (χ3n) is 6.82. The minimum absolute atomic E-state index is 0.251. The van der Waals surface area contributed by atoms with Crippen LogP contribution >= 0.6 is 23.2 Å². The third kappa shape index (κ3) is 5.33. The molecule has 3 aromatic rings. The summed E-state index contributed by atoms with van der Waals surface area (Å²) in [7, 11) is 0. The van der Waals surface area contributed by atoms with E-state index in [1.165, 1.54) is 16.7 Å². The van der Waals surface area contributed by atoms with Crippen LogP contribution in [0.1, 0.15) is 47.1 Å². The van der Waals surface area contributed by atoms with Crippen LogP contribution in [0.5, 0.6) is 5.75 Å². The molecule has 2 aliphatic rings. The van der Waals surface area contributed by atoms with Crippen molar-refractivity contribution in [3.05, 3.63) is 104 Å². The highest BCUT2D eigenvalue weighted by molar-refractivity contribution is 6.36. The number of halogens is 3. The fraction of sp³-hybridized carbons (Fsp3) is 0.267. The lowest BCUT2D eigenvalue weighted by Crippen LogP contribution is -2.40. The van der Waals surface area contributed by atoms with Gasteiger partial charge in [0.05, 0.1) is 6.67 Å². The minimum atomic E-state index is -0.251. The molecular weight excluding hydrogens is 480 g/mol. The van der Waals surface area contributed by atoms with E-state index in [1.54, 1.807) is 12.1 Å². The Morgan fingerprint density at radius 3 is 2.43 bits per heavy atom. The summed E-state index contributed by atoms with van der Waals surface area (Å²) >= 11 is 12.9. The Morgan fingerprint density at radius 1 is 0.914 bits per heavy atom. The van der Waals surface area contributed by atoms with Crippen LogP contribution in [0.2, 0.25) is 10.0 Å². The molecule has 1 aliphatic carbocycles. The highest BCUT2D eigenvalue weighted by Gasteiger charge is 2.22. The van der Waals surface area contributed by atoms with Gasteiger partial charge in [-0.15, -0.1) is 0 Å². The number of likely N-dealkylation sites (tertiary alicyclic amines) is 1. The van der Waals surface area contributed by atoms with Crippen molar-refractivity contribution in [3.63, 3.8) is 0 Å². The average Bonchev–Trinajstić information content (AvgIpc) is 3.00. The highest BCUT2D eigenvalue weighted by Crippen LogP contribution is 2.43. The first-order valence-electron chi connectivity index (χ1n) is 12.1. The van der Waals surface area contributed by atoms with E-state index in [0.29, 0.717) is 22.2 Å². The molecule has 35 heavy (non-hydrogen) atoms. The smallest absolute Gasteiger partial charge is 0.115 e. The van der Waals surface area contributed by atoms with Gasteiger partial charge in [0.15, 0.2) is 0 Å². The quantitative estimate of drug-likeness (QED) is 0.364. The molecule has 1 N–H and O–H groups in total. The number of allylic oxidation sites excluding steroid dienone is 1. The standard InChI is InChI=1S/C30H28Cl2FNO/c31-24-9-11-27(29(32)17-24)28-4-1-3-23-16-25(35)10-12-26(23)30(28)22-7-5-20(6-8-22)15-21-18-34(19-21)14-2-13-33/h5-12,15-17,35H,1-4,13-14,18-19H2. The van der Waals surface area contributed by atoms with Crippen molar-refractivity contribution in [2.75, 3.05) is 26.3 Å². The van der Waals surface area contributed by atoms with Crippen molar-refractivity contribution in [3.8, 4) is 5.75 Å². The SMILES string of the molecule is Oc1ccc2c(c1)CCCC(c1ccc(Cl)cc1Cl)=C2c1ccc(C=C2CN(CCCF)C2)cc1. The molecule has 0 radical (unpaired) electrons. The first kappa shape index (κ1) is 24.1. The number of rotatable bonds is 6. The van der Waals surface area contributed by atoms with Gasteiger partial charge in [-0.2, -0.15) is 0 Å². The number of alkyl halides is 1. The van der Waals surface area contributed by atoms with Crippen molar-refractivity contribution in [1.29, 1.82) is 0 Å². The zero-order valence-electron chi connectivity index (χ0n) is 19.5. The van der Waals surface area contributed by atoms with Crippen LogP contribution in [0.25, 0.3) is 17.2 Å². The summed E-state index contributed by atoms with van der Waals surface area (Å²) in [6, 6.07) is 20.0. The molecule has 1 aliphatic heterocycles. The maximum absolute atomic E-state index is 12.4. The number of hydrogen-bond acceptors (Lipinski definition) is 2. The van der Waals surface area contributed by atoms with E-state index >= 15 is 0 Å². The number of fused-ring (bicyclic) bond motifs is 1. The summed E-state index contributed by atoms with van der Waals surface area (Å²) in [5.41, 5.74) is 9.30. The van der Waals surface area contributed by atoms with Crippen LogP contribution < -0.4 is 0 Å². The lowest BCUT2D eigenvalue weighted by atomic mass is 9.87. The molecule has 3 aromatic carbocycles. The molecule has 0 atom stereocenters. The summed E-state index contributed by atoms with van der Waals surface area (Å²) in [5, 5.41) is 11.4. The molecule has 0 spiro atoms. The minimum Gasteiger partial charge on any atom is -0.508 e. The van der Waals surface area contributed by atoms with E-state index in [-0.39, 0.29) is 6.67 Å². The molecule has 0 saturated carbocycles. The topological polar surface area (TPSA) is 23.5 Å². The van der Waals surface area contributed by atoms with Crippen molar-refractivity contribution >= 4 is 40.4 Å². The molecule has 2 nitrogen and oxygen atoms in total. The van der Waals surface area contributed by atoms with Crippen LogP contribution in [-0.4, -0.2) is 36.3 Å². The van der Waals surface area contributed by atoms with Gasteiger partial charge in [-0.3, -0.25) is 9.29 Å². The number of phenols is 1. The molecule has 0 unspecified atom stereocenters. The zero-order chi connectivity index (χ0) is 24.4. The normalized spacial score (nSPS) is 16.0. The monoisotopic (exact) mass is 507 g/mol. The number of phenolic OH excluding ortho intramolecular Hbond substituents is 1. The second kappa shape index (κ2) is 10.6. The molecule has 1 saturated heterocycles. The molecule has 1 heterocycles. The summed E-state index contributed by atoms with van der Waals surface area (Å²) in [4.78, 5) is 2.27. The van der Waals surface area contributed by atoms with Gasteiger partial charge in [0.25, 0.3) is 0 Å². The Bertz CT molecular complexity index is 1290. The summed E-state index contributed by atoms with van der Waals surface area (Å²) in [6.45, 7) is 2.41. The average molecular weight is 508 g/mol. The highest BCUT2D eigenvalue weighted by atomic mass is 35.5. The van der Waals surface area contributed by atoms with Crippen LogP contribution in [0.3, 0.4) is 0 Å². The van der Waals surface area contributed by atoms with Crippen molar-refractivity contribution < 1.29 is 9.50 Å².